The van der Waals surface area contributed by atoms with E-state index < -0.39 is 0 Å². The van der Waals surface area contributed by atoms with Crippen LogP contribution in [0.25, 0.3) is 0 Å². The van der Waals surface area contributed by atoms with Gasteiger partial charge in [-0.15, -0.1) is 0 Å². The molecule has 0 atom stereocenters. The van der Waals surface area contributed by atoms with Gasteiger partial charge in [0, 0.05) is 25.1 Å². The molecule has 5 heteroatoms. The minimum absolute atomic E-state index is 0.0885. The number of nitrogens with zero attached hydrogens (tertiary/aromatic N) is 2. The molecule has 0 aliphatic carbocycles. The van der Waals surface area contributed by atoms with Crippen LogP contribution in [-0.4, -0.2) is 27.6 Å². The molecule has 0 radical (unpaired) electrons. The predicted octanol–water partition coefficient (Wildman–Crippen LogP) is 0.545. The number of hydrogen-bond donors (Lipinski definition) is 1. The summed E-state index contributed by atoms with van der Waals surface area (Å²) >= 11 is 3.22. The van der Waals surface area contributed by atoms with Crippen molar-refractivity contribution in [1.82, 2.24) is 15.1 Å². The lowest BCUT2D eigenvalue weighted by atomic mass is 10.4. The second-order valence-electron chi connectivity index (χ2n) is 2.28. The maximum atomic E-state index is 11.3. The number of rotatable bonds is 3. The van der Waals surface area contributed by atoms with E-state index in [1.807, 2.05) is 0 Å². The van der Waals surface area contributed by atoms with Gasteiger partial charge in [-0.25, -0.2) is 0 Å². The fourth-order valence-corrected chi connectivity index (χ4v) is 1.05. The average molecular weight is 232 g/mol. The van der Waals surface area contributed by atoms with E-state index in [4.69, 9.17) is 0 Å². The molecular formula is C7H10BrN3O. The number of aryl methyl sites for hydroxylation is 1. The Morgan fingerprint density at radius 2 is 2.58 bits per heavy atom. The summed E-state index contributed by atoms with van der Waals surface area (Å²) < 4.78 is 1.55. The van der Waals surface area contributed by atoms with E-state index in [1.165, 1.54) is 0 Å². The Kier molecular flexibility index (Phi) is 3.28. The topological polar surface area (TPSA) is 46.9 Å². The molecule has 0 saturated carbocycles. The van der Waals surface area contributed by atoms with Crippen LogP contribution in [0.2, 0.25) is 0 Å². The summed E-state index contributed by atoms with van der Waals surface area (Å²) in [6.07, 6.45) is 1.60. The van der Waals surface area contributed by atoms with Crippen LogP contribution < -0.4 is 5.32 Å². The molecule has 1 aromatic rings. The van der Waals surface area contributed by atoms with Crippen molar-refractivity contribution in [3.63, 3.8) is 0 Å². The third-order valence-electron chi connectivity index (χ3n) is 1.43. The molecule has 0 bridgehead atoms. The zero-order valence-electron chi connectivity index (χ0n) is 6.75. The maximum Gasteiger partial charge on any atom is 0.269 e. The van der Waals surface area contributed by atoms with Crippen molar-refractivity contribution in [3.8, 4) is 0 Å². The van der Waals surface area contributed by atoms with Crippen LogP contribution in [0, 0.1) is 0 Å². The van der Waals surface area contributed by atoms with E-state index in [0.717, 1.165) is 5.33 Å². The standard InChI is InChI=1S/C7H10BrN3O/c1-11-6(2-4-10-11)7(12)9-5-3-8/h2,4H,3,5H2,1H3,(H,9,12). The van der Waals surface area contributed by atoms with Crippen molar-refractivity contribution < 1.29 is 4.79 Å². The monoisotopic (exact) mass is 231 g/mol. The molecule has 0 spiro atoms. The normalized spacial score (nSPS) is 9.83. The van der Waals surface area contributed by atoms with Crippen molar-refractivity contribution in [3.05, 3.63) is 18.0 Å². The molecule has 1 amide bonds. The predicted molar refractivity (Wildman–Crippen MR) is 49.3 cm³/mol. The molecule has 0 saturated heterocycles. The molecular weight excluding hydrogens is 222 g/mol. The van der Waals surface area contributed by atoms with Crippen molar-refractivity contribution >= 4 is 21.8 Å². The van der Waals surface area contributed by atoms with Gasteiger partial charge < -0.3 is 5.32 Å². The van der Waals surface area contributed by atoms with E-state index in [2.05, 4.69) is 26.3 Å². The first-order valence-electron chi connectivity index (χ1n) is 3.58. The summed E-state index contributed by atoms with van der Waals surface area (Å²) in [5, 5.41) is 7.38. The highest BCUT2D eigenvalue weighted by atomic mass is 79.9. The van der Waals surface area contributed by atoms with Gasteiger partial charge in [-0.2, -0.15) is 5.10 Å². The lowest BCUT2D eigenvalue weighted by molar-refractivity contribution is 0.0947. The second kappa shape index (κ2) is 4.25. The Morgan fingerprint density at radius 3 is 3.08 bits per heavy atom. The van der Waals surface area contributed by atoms with E-state index in [9.17, 15) is 4.79 Å². The van der Waals surface area contributed by atoms with Gasteiger partial charge in [0.25, 0.3) is 5.91 Å². The van der Waals surface area contributed by atoms with E-state index in [1.54, 1.807) is 24.0 Å². The van der Waals surface area contributed by atoms with Crippen molar-refractivity contribution in [2.24, 2.45) is 7.05 Å². The maximum absolute atomic E-state index is 11.3. The van der Waals surface area contributed by atoms with Crippen LogP contribution >= 0.6 is 15.9 Å². The fraction of sp³-hybridized carbons (Fsp3) is 0.429. The van der Waals surface area contributed by atoms with Crippen LogP contribution in [0.4, 0.5) is 0 Å². The lowest BCUT2D eigenvalue weighted by Gasteiger charge is -2.01. The highest BCUT2D eigenvalue weighted by molar-refractivity contribution is 9.09. The SMILES string of the molecule is Cn1nccc1C(=O)NCCBr. The highest BCUT2D eigenvalue weighted by Gasteiger charge is 2.07. The van der Waals surface area contributed by atoms with Gasteiger partial charge >= 0.3 is 0 Å². The molecule has 0 unspecified atom stereocenters. The molecule has 0 aliphatic rings. The summed E-state index contributed by atoms with van der Waals surface area (Å²) in [7, 11) is 1.74. The van der Waals surface area contributed by atoms with Crippen LogP contribution in [0.5, 0.6) is 0 Å². The molecule has 12 heavy (non-hydrogen) atoms. The average Bonchev–Trinajstić information content (AvgIpc) is 2.47. The first kappa shape index (κ1) is 9.25. The Hall–Kier alpha value is -0.840. The van der Waals surface area contributed by atoms with Crippen LogP contribution in [0.15, 0.2) is 12.3 Å². The molecule has 0 fully saturated rings. The van der Waals surface area contributed by atoms with Crippen LogP contribution in [-0.2, 0) is 7.05 Å². The largest absolute Gasteiger partial charge is 0.350 e. The molecule has 1 N–H and O–H groups in total. The van der Waals surface area contributed by atoms with E-state index in [-0.39, 0.29) is 5.91 Å². The Morgan fingerprint density at radius 1 is 1.83 bits per heavy atom. The van der Waals surface area contributed by atoms with Gasteiger partial charge in [-0.1, -0.05) is 15.9 Å². The number of hydrogen-bond acceptors (Lipinski definition) is 2. The molecule has 0 aromatic carbocycles. The van der Waals surface area contributed by atoms with E-state index >= 15 is 0 Å². The number of aromatic nitrogens is 2. The molecule has 1 heterocycles. The summed E-state index contributed by atoms with van der Waals surface area (Å²) in [5.41, 5.74) is 0.580. The number of nitrogens with one attached hydrogen (secondary N) is 1. The van der Waals surface area contributed by atoms with Crippen LogP contribution in [0.3, 0.4) is 0 Å². The number of carbonyl (C=O) groups is 1. The van der Waals surface area contributed by atoms with Gasteiger partial charge in [0.15, 0.2) is 0 Å². The van der Waals surface area contributed by atoms with Crippen molar-refractivity contribution in [2.45, 2.75) is 0 Å². The van der Waals surface area contributed by atoms with Gasteiger partial charge in [-0.3, -0.25) is 9.48 Å². The Labute approximate surface area is 79.1 Å². The van der Waals surface area contributed by atoms with E-state index in [0.29, 0.717) is 12.2 Å². The van der Waals surface area contributed by atoms with Gasteiger partial charge in [0.05, 0.1) is 0 Å². The Balaban J connectivity index is 2.59. The highest BCUT2D eigenvalue weighted by Crippen LogP contribution is 1.94. The summed E-state index contributed by atoms with van der Waals surface area (Å²) in [4.78, 5) is 11.3. The minimum atomic E-state index is -0.0885. The first-order chi connectivity index (χ1) is 5.75. The van der Waals surface area contributed by atoms with Crippen LogP contribution in [0.1, 0.15) is 10.5 Å². The van der Waals surface area contributed by atoms with Gasteiger partial charge in [0.1, 0.15) is 5.69 Å². The zero-order chi connectivity index (χ0) is 8.97. The lowest BCUT2D eigenvalue weighted by Crippen LogP contribution is -2.27. The summed E-state index contributed by atoms with van der Waals surface area (Å²) in [6, 6.07) is 1.68. The molecule has 4 nitrogen and oxygen atoms in total. The molecule has 1 rings (SSSR count). The van der Waals surface area contributed by atoms with Crippen molar-refractivity contribution in [1.29, 1.82) is 0 Å². The zero-order valence-corrected chi connectivity index (χ0v) is 8.34. The van der Waals surface area contributed by atoms with Crippen molar-refractivity contribution in [2.75, 3.05) is 11.9 Å². The number of carbonyl (C=O) groups excluding carboxylic acids is 1. The molecule has 0 aliphatic heterocycles. The van der Waals surface area contributed by atoms with Gasteiger partial charge in [-0.05, 0) is 6.07 Å². The summed E-state index contributed by atoms with van der Waals surface area (Å²) in [6.45, 7) is 0.629. The number of halogens is 1. The number of alkyl halides is 1. The molecule has 66 valence electrons. The fourth-order valence-electron chi connectivity index (χ4n) is 0.848. The smallest absolute Gasteiger partial charge is 0.269 e. The first-order valence-corrected chi connectivity index (χ1v) is 4.70. The summed E-state index contributed by atoms with van der Waals surface area (Å²) in [5.74, 6) is -0.0885. The Bertz CT molecular complexity index is 271. The quantitative estimate of drug-likeness (QED) is 0.773. The minimum Gasteiger partial charge on any atom is -0.350 e. The van der Waals surface area contributed by atoms with Gasteiger partial charge in [0.2, 0.25) is 0 Å². The third-order valence-corrected chi connectivity index (χ3v) is 1.83. The number of amides is 1. The molecule has 1 aromatic heterocycles. The third kappa shape index (κ3) is 2.07. The second-order valence-corrected chi connectivity index (χ2v) is 3.08.